The molecule has 0 bridgehead atoms. The van der Waals surface area contributed by atoms with Crippen molar-refractivity contribution in [2.75, 3.05) is 20.3 Å². The van der Waals surface area contributed by atoms with Gasteiger partial charge in [-0.3, -0.25) is 14.7 Å². The van der Waals surface area contributed by atoms with Crippen molar-refractivity contribution in [3.63, 3.8) is 0 Å². The molecule has 1 aliphatic heterocycles. The van der Waals surface area contributed by atoms with Crippen LogP contribution in [-0.2, 0) is 4.79 Å². The highest BCUT2D eigenvalue weighted by molar-refractivity contribution is 5.73. The number of likely N-dealkylation sites (tertiary alicyclic amines) is 1. The van der Waals surface area contributed by atoms with E-state index in [4.69, 9.17) is 9.47 Å². The first-order chi connectivity index (χ1) is 13.5. The number of aliphatic carboxylic acids is 1. The standard InChI is InChI=1S/C22H28N2O4/c1-4-28-20-13-16(9-11-19(20)27-3)21(17-10-8-15(2)14-23-17)24-12-6-5-7-18(24)22(25)26/h8-11,13-14,18,21H,4-7,12H2,1-3H3,(H,25,26). The van der Waals surface area contributed by atoms with E-state index in [1.165, 1.54) is 0 Å². The predicted molar refractivity (Wildman–Crippen MR) is 107 cm³/mol. The number of ether oxygens (including phenoxy) is 2. The van der Waals surface area contributed by atoms with Crippen LogP contribution in [0.4, 0.5) is 0 Å². The summed E-state index contributed by atoms with van der Waals surface area (Å²) in [6.45, 7) is 5.16. The Morgan fingerprint density at radius 2 is 2.11 bits per heavy atom. The van der Waals surface area contributed by atoms with Crippen molar-refractivity contribution in [1.82, 2.24) is 9.88 Å². The number of rotatable bonds is 7. The number of methoxy groups -OCH3 is 1. The maximum atomic E-state index is 11.9. The molecule has 1 saturated heterocycles. The van der Waals surface area contributed by atoms with Gasteiger partial charge in [0.2, 0.25) is 0 Å². The molecular formula is C22H28N2O4. The Labute approximate surface area is 166 Å². The lowest BCUT2D eigenvalue weighted by Gasteiger charge is -2.39. The Kier molecular flexibility index (Phi) is 6.52. The van der Waals surface area contributed by atoms with Crippen LogP contribution in [0.5, 0.6) is 11.5 Å². The van der Waals surface area contributed by atoms with Crippen molar-refractivity contribution in [2.24, 2.45) is 0 Å². The van der Waals surface area contributed by atoms with E-state index >= 15 is 0 Å². The zero-order valence-corrected chi connectivity index (χ0v) is 16.7. The fourth-order valence-corrected chi connectivity index (χ4v) is 3.83. The number of hydrogen-bond donors (Lipinski definition) is 1. The number of carboxylic acid groups (broad SMARTS) is 1. The predicted octanol–water partition coefficient (Wildman–Crippen LogP) is 3.83. The van der Waals surface area contributed by atoms with E-state index in [1.54, 1.807) is 7.11 Å². The third kappa shape index (κ3) is 4.28. The second-order valence-corrected chi connectivity index (χ2v) is 7.09. The number of nitrogens with zero attached hydrogens (tertiary/aromatic N) is 2. The molecule has 1 aromatic carbocycles. The maximum absolute atomic E-state index is 11.9. The van der Waals surface area contributed by atoms with Crippen molar-refractivity contribution in [2.45, 2.75) is 45.2 Å². The van der Waals surface area contributed by atoms with Crippen LogP contribution in [0.25, 0.3) is 0 Å². The van der Waals surface area contributed by atoms with Gasteiger partial charge in [-0.15, -0.1) is 0 Å². The average molecular weight is 384 g/mol. The molecule has 0 aliphatic carbocycles. The Morgan fingerprint density at radius 3 is 2.75 bits per heavy atom. The number of pyridine rings is 1. The SMILES string of the molecule is CCOc1cc(C(c2ccc(C)cn2)N2CCCCC2C(=O)O)ccc1OC. The minimum Gasteiger partial charge on any atom is -0.493 e. The number of carbonyl (C=O) groups is 1. The maximum Gasteiger partial charge on any atom is 0.320 e. The Hall–Kier alpha value is -2.60. The Bertz CT molecular complexity index is 807. The number of carboxylic acids is 1. The zero-order valence-electron chi connectivity index (χ0n) is 16.7. The number of hydrogen-bond acceptors (Lipinski definition) is 5. The quantitative estimate of drug-likeness (QED) is 0.782. The molecule has 150 valence electrons. The summed E-state index contributed by atoms with van der Waals surface area (Å²) < 4.78 is 11.2. The molecule has 3 rings (SSSR count). The van der Waals surface area contributed by atoms with Gasteiger partial charge >= 0.3 is 5.97 Å². The lowest BCUT2D eigenvalue weighted by Crippen LogP contribution is -2.47. The summed E-state index contributed by atoms with van der Waals surface area (Å²) in [6.07, 6.45) is 4.37. The number of benzene rings is 1. The number of aromatic nitrogens is 1. The van der Waals surface area contributed by atoms with Crippen molar-refractivity contribution < 1.29 is 19.4 Å². The van der Waals surface area contributed by atoms with E-state index in [1.807, 2.05) is 50.4 Å². The van der Waals surface area contributed by atoms with Crippen molar-refractivity contribution in [1.29, 1.82) is 0 Å². The Morgan fingerprint density at radius 1 is 1.29 bits per heavy atom. The molecule has 0 amide bonds. The largest absolute Gasteiger partial charge is 0.493 e. The van der Waals surface area contributed by atoms with Crippen LogP contribution in [0, 0.1) is 6.92 Å². The van der Waals surface area contributed by atoms with Gasteiger partial charge in [0.25, 0.3) is 0 Å². The summed E-state index contributed by atoms with van der Waals surface area (Å²) >= 11 is 0. The fraction of sp³-hybridized carbons (Fsp3) is 0.455. The topological polar surface area (TPSA) is 71.9 Å². The summed E-state index contributed by atoms with van der Waals surface area (Å²) in [4.78, 5) is 18.6. The zero-order chi connectivity index (χ0) is 20.1. The lowest BCUT2D eigenvalue weighted by atomic mass is 9.93. The number of piperidine rings is 1. The van der Waals surface area contributed by atoms with Crippen LogP contribution in [0.1, 0.15) is 49.0 Å². The summed E-state index contributed by atoms with van der Waals surface area (Å²) in [7, 11) is 1.61. The number of aryl methyl sites for hydroxylation is 1. The molecule has 0 spiro atoms. The van der Waals surface area contributed by atoms with Gasteiger partial charge in [0.1, 0.15) is 6.04 Å². The minimum absolute atomic E-state index is 0.257. The molecule has 1 N–H and O–H groups in total. The molecule has 2 aromatic rings. The van der Waals surface area contributed by atoms with Gasteiger partial charge in [-0.05, 0) is 62.6 Å². The van der Waals surface area contributed by atoms with Gasteiger partial charge in [0.15, 0.2) is 11.5 Å². The summed E-state index contributed by atoms with van der Waals surface area (Å²) in [5.74, 6) is 0.536. The first-order valence-corrected chi connectivity index (χ1v) is 9.77. The third-order valence-electron chi connectivity index (χ3n) is 5.18. The highest BCUT2D eigenvalue weighted by atomic mass is 16.5. The monoisotopic (exact) mass is 384 g/mol. The Balaban J connectivity index is 2.09. The molecule has 6 heteroatoms. The van der Waals surface area contributed by atoms with E-state index in [0.29, 0.717) is 31.1 Å². The smallest absolute Gasteiger partial charge is 0.320 e. The van der Waals surface area contributed by atoms with Crippen LogP contribution in [0.2, 0.25) is 0 Å². The van der Waals surface area contributed by atoms with Gasteiger partial charge in [-0.25, -0.2) is 0 Å². The highest BCUT2D eigenvalue weighted by Gasteiger charge is 2.36. The van der Waals surface area contributed by atoms with Crippen LogP contribution in [0.15, 0.2) is 36.5 Å². The lowest BCUT2D eigenvalue weighted by molar-refractivity contribution is -0.145. The fourth-order valence-electron chi connectivity index (χ4n) is 3.83. The molecular weight excluding hydrogens is 356 g/mol. The van der Waals surface area contributed by atoms with Crippen LogP contribution in [0.3, 0.4) is 0 Å². The summed E-state index contributed by atoms with van der Waals surface area (Å²) in [5.41, 5.74) is 2.86. The molecule has 2 unspecified atom stereocenters. The van der Waals surface area contributed by atoms with Crippen LogP contribution >= 0.6 is 0 Å². The van der Waals surface area contributed by atoms with Crippen LogP contribution < -0.4 is 9.47 Å². The molecule has 1 aromatic heterocycles. The second kappa shape index (κ2) is 9.06. The van der Waals surface area contributed by atoms with Crippen molar-refractivity contribution in [3.05, 3.63) is 53.3 Å². The second-order valence-electron chi connectivity index (χ2n) is 7.09. The first kappa shape index (κ1) is 20.1. The normalized spacial score (nSPS) is 18.5. The molecule has 28 heavy (non-hydrogen) atoms. The van der Waals surface area contributed by atoms with Gasteiger partial charge in [-0.1, -0.05) is 18.6 Å². The van der Waals surface area contributed by atoms with Gasteiger partial charge < -0.3 is 14.6 Å². The molecule has 2 atom stereocenters. The van der Waals surface area contributed by atoms with E-state index in [2.05, 4.69) is 9.88 Å². The summed E-state index contributed by atoms with van der Waals surface area (Å²) in [5, 5.41) is 9.81. The molecule has 1 aliphatic rings. The molecule has 6 nitrogen and oxygen atoms in total. The molecule has 0 saturated carbocycles. The van der Waals surface area contributed by atoms with E-state index in [0.717, 1.165) is 29.7 Å². The minimum atomic E-state index is -0.782. The van der Waals surface area contributed by atoms with Crippen LogP contribution in [-0.4, -0.2) is 47.3 Å². The molecule has 0 radical (unpaired) electrons. The van der Waals surface area contributed by atoms with Gasteiger partial charge in [-0.2, -0.15) is 0 Å². The molecule has 1 fully saturated rings. The van der Waals surface area contributed by atoms with E-state index in [-0.39, 0.29) is 6.04 Å². The van der Waals surface area contributed by atoms with Gasteiger partial charge in [0, 0.05) is 6.20 Å². The van der Waals surface area contributed by atoms with Crippen molar-refractivity contribution in [3.8, 4) is 11.5 Å². The highest BCUT2D eigenvalue weighted by Crippen LogP contribution is 2.37. The molecule has 2 heterocycles. The average Bonchev–Trinajstić information content (AvgIpc) is 2.70. The third-order valence-corrected chi connectivity index (χ3v) is 5.18. The summed E-state index contributed by atoms with van der Waals surface area (Å²) in [6, 6.07) is 9.01. The van der Waals surface area contributed by atoms with Crippen molar-refractivity contribution >= 4 is 5.97 Å². The van der Waals surface area contributed by atoms with E-state index < -0.39 is 12.0 Å². The first-order valence-electron chi connectivity index (χ1n) is 9.77. The van der Waals surface area contributed by atoms with E-state index in [9.17, 15) is 9.90 Å². The van der Waals surface area contributed by atoms with Gasteiger partial charge in [0.05, 0.1) is 25.5 Å².